The fourth-order valence-electron chi connectivity index (χ4n) is 2.80. The molecule has 148 valence electrons. The Balaban J connectivity index is 0.000000254. The number of aryl methyl sites for hydroxylation is 1. The van der Waals surface area contributed by atoms with E-state index in [1.54, 1.807) is 24.3 Å². The van der Waals surface area contributed by atoms with Crippen LogP contribution >= 0.6 is 0 Å². The molecule has 0 unspecified atom stereocenters. The monoisotopic (exact) mass is 386 g/mol. The van der Waals surface area contributed by atoms with E-state index in [2.05, 4.69) is 0 Å². The standard InChI is InChI=1S/C13H18O4S.C6H12O2/c1-11-2-4-13(5-3-11)18(14,15)17-10-12-6-8-16-9-7-12;7-5-6-1-3-8-4-2-6/h2-5,12H,6-10H2,1H3;6-7H,1-5H2. The highest BCUT2D eigenvalue weighted by atomic mass is 32.2. The second kappa shape index (κ2) is 11.0. The van der Waals surface area contributed by atoms with Gasteiger partial charge in [0.25, 0.3) is 10.1 Å². The molecule has 7 heteroatoms. The van der Waals surface area contributed by atoms with Crippen LogP contribution in [0.4, 0.5) is 0 Å². The molecule has 6 nitrogen and oxygen atoms in total. The number of ether oxygens (including phenoxy) is 2. The van der Waals surface area contributed by atoms with Gasteiger partial charge < -0.3 is 14.6 Å². The molecule has 1 aromatic carbocycles. The molecule has 2 fully saturated rings. The van der Waals surface area contributed by atoms with E-state index in [-0.39, 0.29) is 17.4 Å². The zero-order valence-electron chi connectivity index (χ0n) is 15.4. The minimum absolute atomic E-state index is 0.222. The quantitative estimate of drug-likeness (QED) is 0.783. The summed E-state index contributed by atoms with van der Waals surface area (Å²) in [7, 11) is -3.62. The Morgan fingerprint density at radius 1 is 0.962 bits per heavy atom. The van der Waals surface area contributed by atoms with Gasteiger partial charge >= 0.3 is 0 Å². The summed E-state index contributed by atoms with van der Waals surface area (Å²) in [5.41, 5.74) is 1.03. The first-order chi connectivity index (χ1) is 12.5. The molecular formula is C19H30O6S. The molecular weight excluding hydrogens is 356 g/mol. The van der Waals surface area contributed by atoms with Gasteiger partial charge in [0.2, 0.25) is 0 Å². The lowest BCUT2D eigenvalue weighted by Gasteiger charge is -2.21. The fraction of sp³-hybridized carbons (Fsp3) is 0.684. The van der Waals surface area contributed by atoms with Crippen molar-refractivity contribution in [2.24, 2.45) is 11.8 Å². The van der Waals surface area contributed by atoms with Crippen molar-refractivity contribution in [3.8, 4) is 0 Å². The molecule has 1 aromatic rings. The van der Waals surface area contributed by atoms with Crippen LogP contribution in [0.3, 0.4) is 0 Å². The summed E-state index contributed by atoms with van der Waals surface area (Å²) in [5, 5.41) is 8.64. The van der Waals surface area contributed by atoms with Gasteiger partial charge in [-0.1, -0.05) is 17.7 Å². The third-order valence-corrected chi connectivity index (χ3v) is 6.00. The Labute approximate surface area is 156 Å². The average molecular weight is 387 g/mol. The Morgan fingerprint density at radius 2 is 1.46 bits per heavy atom. The molecule has 0 bridgehead atoms. The van der Waals surface area contributed by atoms with Gasteiger partial charge in [0, 0.05) is 33.0 Å². The van der Waals surface area contributed by atoms with E-state index < -0.39 is 10.1 Å². The van der Waals surface area contributed by atoms with Gasteiger partial charge in [-0.25, -0.2) is 0 Å². The summed E-state index contributed by atoms with van der Waals surface area (Å²) in [6.45, 7) is 5.57. The second-order valence-electron chi connectivity index (χ2n) is 6.85. The minimum Gasteiger partial charge on any atom is -0.396 e. The van der Waals surface area contributed by atoms with Crippen LogP contribution in [0.5, 0.6) is 0 Å². The molecule has 0 spiro atoms. The van der Waals surface area contributed by atoms with Crippen LogP contribution in [0.1, 0.15) is 31.2 Å². The van der Waals surface area contributed by atoms with Gasteiger partial charge in [-0.3, -0.25) is 4.18 Å². The number of rotatable bonds is 5. The van der Waals surface area contributed by atoms with Crippen molar-refractivity contribution in [3.05, 3.63) is 29.8 Å². The SMILES string of the molecule is Cc1ccc(S(=O)(=O)OCC2CCOCC2)cc1.OCC1CCOCC1. The van der Waals surface area contributed by atoms with E-state index in [9.17, 15) is 8.42 Å². The van der Waals surface area contributed by atoms with Crippen molar-refractivity contribution in [2.75, 3.05) is 39.6 Å². The predicted octanol–water partition coefficient (Wildman–Crippen LogP) is 2.53. The molecule has 2 aliphatic rings. The van der Waals surface area contributed by atoms with Gasteiger partial charge in [0.1, 0.15) is 0 Å². The van der Waals surface area contributed by atoms with E-state index in [1.165, 1.54) is 0 Å². The summed E-state index contributed by atoms with van der Waals surface area (Å²) in [5.74, 6) is 0.794. The molecule has 0 aliphatic carbocycles. The van der Waals surface area contributed by atoms with E-state index in [0.717, 1.165) is 44.5 Å². The zero-order chi connectivity index (χ0) is 18.8. The van der Waals surface area contributed by atoms with Gasteiger partial charge in [-0.2, -0.15) is 8.42 Å². The average Bonchev–Trinajstić information content (AvgIpc) is 2.69. The third-order valence-electron chi connectivity index (χ3n) is 4.71. The maximum atomic E-state index is 11.9. The van der Waals surface area contributed by atoms with Crippen LogP contribution in [0.25, 0.3) is 0 Å². The molecule has 2 saturated heterocycles. The topological polar surface area (TPSA) is 82.1 Å². The lowest BCUT2D eigenvalue weighted by molar-refractivity contribution is 0.0455. The zero-order valence-corrected chi connectivity index (χ0v) is 16.2. The van der Waals surface area contributed by atoms with Crippen LogP contribution < -0.4 is 0 Å². The first-order valence-electron chi connectivity index (χ1n) is 9.23. The van der Waals surface area contributed by atoms with Gasteiger partial charge in [0.05, 0.1) is 11.5 Å². The van der Waals surface area contributed by atoms with Crippen molar-refractivity contribution >= 4 is 10.1 Å². The molecule has 26 heavy (non-hydrogen) atoms. The second-order valence-corrected chi connectivity index (χ2v) is 8.46. The first kappa shape index (κ1) is 21.3. The fourth-order valence-corrected chi connectivity index (χ4v) is 3.78. The number of hydrogen-bond donors (Lipinski definition) is 1. The van der Waals surface area contributed by atoms with Gasteiger partial charge in [-0.15, -0.1) is 0 Å². The Hall–Kier alpha value is -0.990. The molecule has 0 atom stereocenters. The Morgan fingerprint density at radius 3 is 1.92 bits per heavy atom. The molecule has 0 aromatic heterocycles. The third kappa shape index (κ3) is 7.32. The predicted molar refractivity (Wildman–Crippen MR) is 98.5 cm³/mol. The maximum absolute atomic E-state index is 11.9. The molecule has 2 heterocycles. The van der Waals surface area contributed by atoms with Crippen molar-refractivity contribution in [3.63, 3.8) is 0 Å². The number of hydrogen-bond acceptors (Lipinski definition) is 6. The van der Waals surface area contributed by atoms with Crippen molar-refractivity contribution in [2.45, 2.75) is 37.5 Å². The van der Waals surface area contributed by atoms with E-state index in [1.807, 2.05) is 6.92 Å². The van der Waals surface area contributed by atoms with Crippen LogP contribution in [0.15, 0.2) is 29.2 Å². The summed E-state index contributed by atoms with van der Waals surface area (Å²) in [4.78, 5) is 0.222. The Kier molecular flexibility index (Phi) is 9.01. The molecule has 1 N–H and O–H groups in total. The van der Waals surface area contributed by atoms with Crippen molar-refractivity contribution < 1.29 is 27.2 Å². The van der Waals surface area contributed by atoms with Crippen molar-refractivity contribution in [1.29, 1.82) is 0 Å². The molecule has 2 aliphatic heterocycles. The minimum atomic E-state index is -3.62. The normalized spacial score (nSPS) is 19.6. The van der Waals surface area contributed by atoms with Crippen LogP contribution in [0.2, 0.25) is 0 Å². The first-order valence-corrected chi connectivity index (χ1v) is 10.6. The van der Waals surface area contributed by atoms with E-state index >= 15 is 0 Å². The van der Waals surface area contributed by atoms with Crippen LogP contribution in [0, 0.1) is 18.8 Å². The largest absolute Gasteiger partial charge is 0.396 e. The summed E-state index contributed by atoms with van der Waals surface area (Å²) in [6.07, 6.45) is 3.81. The molecule has 0 amide bonds. The van der Waals surface area contributed by atoms with Gasteiger partial charge in [0.15, 0.2) is 0 Å². The number of aliphatic hydroxyl groups is 1. The summed E-state index contributed by atoms with van der Waals surface area (Å²) in [6, 6.07) is 6.69. The molecule has 0 saturated carbocycles. The van der Waals surface area contributed by atoms with E-state index in [4.69, 9.17) is 18.8 Å². The highest BCUT2D eigenvalue weighted by molar-refractivity contribution is 7.86. The number of aliphatic hydroxyl groups excluding tert-OH is 1. The highest BCUT2D eigenvalue weighted by Crippen LogP contribution is 2.19. The summed E-state index contributed by atoms with van der Waals surface area (Å²) < 4.78 is 39.3. The number of benzene rings is 1. The highest BCUT2D eigenvalue weighted by Gasteiger charge is 2.20. The van der Waals surface area contributed by atoms with E-state index in [0.29, 0.717) is 25.7 Å². The van der Waals surface area contributed by atoms with Crippen molar-refractivity contribution in [1.82, 2.24) is 0 Å². The molecule has 0 radical (unpaired) electrons. The molecule has 3 rings (SSSR count). The van der Waals surface area contributed by atoms with Crippen LogP contribution in [-0.4, -0.2) is 53.2 Å². The maximum Gasteiger partial charge on any atom is 0.296 e. The summed E-state index contributed by atoms with van der Waals surface area (Å²) >= 11 is 0. The van der Waals surface area contributed by atoms with Gasteiger partial charge in [-0.05, 0) is 56.6 Å². The van der Waals surface area contributed by atoms with Crippen LogP contribution in [-0.2, 0) is 23.8 Å². The lowest BCUT2D eigenvalue weighted by Crippen LogP contribution is -2.22. The lowest BCUT2D eigenvalue weighted by atomic mass is 10.0. The Bertz CT molecular complexity index is 601. The smallest absolute Gasteiger partial charge is 0.296 e.